The topological polar surface area (TPSA) is 4.93 Å². The first-order chi connectivity index (χ1) is 27.5. The van der Waals surface area contributed by atoms with Gasteiger partial charge in [0.2, 0.25) is 0 Å². The van der Waals surface area contributed by atoms with E-state index < -0.39 is 0 Å². The maximum Gasteiger partial charge on any atom is 0.0500 e. The first-order valence-electron chi connectivity index (χ1n) is 20.1. The second kappa shape index (κ2) is 18.4. The van der Waals surface area contributed by atoms with E-state index in [9.17, 15) is 0 Å². The molecule has 0 spiro atoms. The largest absolute Gasteiger partial charge is 0.310 e. The van der Waals surface area contributed by atoms with Crippen molar-refractivity contribution in [2.45, 2.75) is 59.3 Å². The van der Waals surface area contributed by atoms with E-state index >= 15 is 0 Å². The van der Waals surface area contributed by atoms with Crippen molar-refractivity contribution in [1.82, 2.24) is 4.57 Å². The summed E-state index contributed by atoms with van der Waals surface area (Å²) in [4.78, 5) is 0. The van der Waals surface area contributed by atoms with Gasteiger partial charge < -0.3 is 4.57 Å². The van der Waals surface area contributed by atoms with Crippen LogP contribution < -0.4 is 0 Å². The molecule has 0 unspecified atom stereocenters. The number of allylic oxidation sites excluding steroid dienone is 20. The molecule has 1 nitrogen and oxygen atoms in total. The van der Waals surface area contributed by atoms with Crippen molar-refractivity contribution in [2.75, 3.05) is 0 Å². The molecule has 56 heavy (non-hydrogen) atoms. The van der Waals surface area contributed by atoms with Crippen LogP contribution in [0, 0.1) is 6.92 Å². The average Bonchev–Trinajstić information content (AvgIpc) is 3.41. The smallest absolute Gasteiger partial charge is 0.0500 e. The highest BCUT2D eigenvalue weighted by molar-refractivity contribution is 5.86. The molecule has 1 heterocycles. The zero-order valence-electron chi connectivity index (χ0n) is 33.2. The maximum absolute atomic E-state index is 4.54. The van der Waals surface area contributed by atoms with E-state index in [1.807, 2.05) is 0 Å². The van der Waals surface area contributed by atoms with Crippen molar-refractivity contribution in [3.05, 3.63) is 238 Å². The van der Waals surface area contributed by atoms with Crippen LogP contribution in [0.3, 0.4) is 0 Å². The van der Waals surface area contributed by atoms with Gasteiger partial charge in [-0.2, -0.15) is 0 Å². The summed E-state index contributed by atoms with van der Waals surface area (Å²) in [5.41, 5.74) is 19.3. The molecule has 1 heteroatoms. The average molecular weight is 728 g/mol. The molecule has 4 aromatic rings. The van der Waals surface area contributed by atoms with E-state index in [2.05, 4.69) is 214 Å². The van der Waals surface area contributed by atoms with Crippen LogP contribution in [0.5, 0.6) is 0 Å². The Hall–Kier alpha value is -6.18. The van der Waals surface area contributed by atoms with Gasteiger partial charge in [-0.1, -0.05) is 170 Å². The van der Waals surface area contributed by atoms with Crippen LogP contribution in [-0.2, 0) is 6.42 Å². The zero-order chi connectivity index (χ0) is 38.7. The van der Waals surface area contributed by atoms with Crippen molar-refractivity contribution >= 4 is 29.4 Å². The fraction of sp³-hybridized carbons (Fsp3) is 0.164. The van der Waals surface area contributed by atoms with Crippen molar-refractivity contribution in [2.24, 2.45) is 0 Å². The molecular formula is C55H53N. The second-order valence-corrected chi connectivity index (χ2v) is 14.8. The molecule has 0 saturated heterocycles. The minimum absolute atomic E-state index is 0.843. The van der Waals surface area contributed by atoms with Gasteiger partial charge in [-0.15, -0.1) is 0 Å². The quantitative estimate of drug-likeness (QED) is 0.162. The lowest BCUT2D eigenvalue weighted by atomic mass is 9.85. The Kier molecular flexibility index (Phi) is 12.5. The lowest BCUT2D eigenvalue weighted by Crippen LogP contribution is -2.01. The predicted molar refractivity (Wildman–Crippen MR) is 244 cm³/mol. The number of hydrogen-bond acceptors (Lipinski definition) is 0. The first-order valence-corrected chi connectivity index (χ1v) is 20.1. The molecule has 0 atom stereocenters. The highest BCUT2D eigenvalue weighted by Crippen LogP contribution is 2.38. The van der Waals surface area contributed by atoms with Gasteiger partial charge in [-0.05, 0) is 138 Å². The van der Waals surface area contributed by atoms with Crippen molar-refractivity contribution in [1.29, 1.82) is 0 Å². The second-order valence-electron chi connectivity index (χ2n) is 14.8. The Balaban J connectivity index is 0.000000536. The van der Waals surface area contributed by atoms with Gasteiger partial charge >= 0.3 is 0 Å². The molecule has 0 radical (unpaired) electrons. The number of hydrogen-bond donors (Lipinski definition) is 0. The molecule has 0 fully saturated rings. The minimum atomic E-state index is 0.843. The minimum Gasteiger partial charge on any atom is -0.310 e. The molecule has 0 aliphatic heterocycles. The van der Waals surface area contributed by atoms with E-state index in [-0.39, 0.29) is 0 Å². The molecule has 2 bridgehead atoms. The SMILES string of the molecule is C=C1/C=C\C/C=C\C/C(c2ccc(-n3c4c(c(C)c3/C=C\C)Cc3ccccc3C=C4)cc2)=C2/C=C\C/C=C\C(=C\1c1ccccc1)C2.CC1=CC=CCC=C1. The number of benzene rings is 3. The lowest BCUT2D eigenvalue weighted by molar-refractivity contribution is 1.03. The van der Waals surface area contributed by atoms with Crippen LogP contribution in [0.15, 0.2) is 193 Å². The fourth-order valence-corrected chi connectivity index (χ4v) is 8.02. The van der Waals surface area contributed by atoms with Gasteiger partial charge in [0, 0.05) is 17.8 Å². The van der Waals surface area contributed by atoms with E-state index in [1.54, 1.807) is 0 Å². The zero-order valence-corrected chi connectivity index (χ0v) is 33.2. The van der Waals surface area contributed by atoms with E-state index in [0.29, 0.717) is 0 Å². The summed E-state index contributed by atoms with van der Waals surface area (Å²) in [6.07, 6.45) is 43.5. The summed E-state index contributed by atoms with van der Waals surface area (Å²) < 4.78 is 2.45. The Morgan fingerprint density at radius 2 is 1.34 bits per heavy atom. The van der Waals surface area contributed by atoms with Gasteiger partial charge in [0.25, 0.3) is 0 Å². The molecule has 0 amide bonds. The summed E-state index contributed by atoms with van der Waals surface area (Å²) in [5, 5.41) is 0. The monoisotopic (exact) mass is 727 g/mol. The Labute approximate surface area is 335 Å². The molecule has 1 aromatic heterocycles. The predicted octanol–water partition coefficient (Wildman–Crippen LogP) is 14.9. The Morgan fingerprint density at radius 3 is 2.16 bits per heavy atom. The van der Waals surface area contributed by atoms with Crippen molar-refractivity contribution in [3.8, 4) is 5.69 Å². The van der Waals surface area contributed by atoms with Crippen LogP contribution in [0.25, 0.3) is 35.1 Å². The highest BCUT2D eigenvalue weighted by Gasteiger charge is 2.22. The molecule has 4 aliphatic carbocycles. The molecule has 4 aliphatic rings. The van der Waals surface area contributed by atoms with E-state index in [4.69, 9.17) is 0 Å². The highest BCUT2D eigenvalue weighted by atomic mass is 15.0. The molecule has 278 valence electrons. The van der Waals surface area contributed by atoms with Crippen LogP contribution in [-0.4, -0.2) is 4.57 Å². The van der Waals surface area contributed by atoms with Gasteiger partial charge in [-0.3, -0.25) is 0 Å². The summed E-state index contributed by atoms with van der Waals surface area (Å²) in [7, 11) is 0. The van der Waals surface area contributed by atoms with Crippen LogP contribution in [0.1, 0.15) is 90.7 Å². The van der Waals surface area contributed by atoms with Crippen molar-refractivity contribution < 1.29 is 0 Å². The van der Waals surface area contributed by atoms with Gasteiger partial charge in [0.1, 0.15) is 0 Å². The number of aromatic nitrogens is 1. The van der Waals surface area contributed by atoms with E-state index in [0.717, 1.165) is 44.1 Å². The number of nitrogens with zero attached hydrogens (tertiary/aromatic N) is 1. The first kappa shape index (κ1) is 38.1. The summed E-state index contributed by atoms with van der Waals surface area (Å²) in [6, 6.07) is 28.8. The number of fused-ring (bicyclic) bond motifs is 4. The van der Waals surface area contributed by atoms with Crippen LogP contribution >= 0.6 is 0 Å². The maximum atomic E-state index is 4.54. The lowest BCUT2D eigenvalue weighted by Gasteiger charge is -2.20. The normalized spacial score (nSPS) is 21.4. The van der Waals surface area contributed by atoms with Crippen LogP contribution in [0.4, 0.5) is 0 Å². The fourth-order valence-electron chi connectivity index (χ4n) is 8.02. The third-order valence-electron chi connectivity index (χ3n) is 10.9. The summed E-state index contributed by atoms with van der Waals surface area (Å²) >= 11 is 0. The molecule has 8 rings (SSSR count). The van der Waals surface area contributed by atoms with Crippen LogP contribution in [0.2, 0.25) is 0 Å². The standard InChI is InChI=1S/C47H43N.C8H10/c1-4-17-45-35(3)44-33-39-22-16-15-19-36(39)28-31-46(44)48(45)42-29-26-37(27-30-42)43-25-14-6-5-9-18-34(2)47(38-20-10-7-11-21-38)41-24-13-8-12-23-40(43)32-41;1-8-6-4-2-3-5-7-8/h4,6-7,9-24,26-31H,2,5,8,25,32-33H2,1,3H3;2,4-7H,3H2,1H3/b14-6-,17-4-,18-9-,23-12-,24-13-,43-40+,47-41+;. The van der Waals surface area contributed by atoms with Gasteiger partial charge in [0.05, 0.1) is 5.69 Å². The Bertz CT molecular complexity index is 2410. The van der Waals surface area contributed by atoms with Gasteiger partial charge in [-0.25, -0.2) is 0 Å². The van der Waals surface area contributed by atoms with E-state index in [1.165, 1.54) is 78.3 Å². The molecule has 0 N–H and O–H groups in total. The summed E-state index contributed by atoms with van der Waals surface area (Å²) in [5.74, 6) is 0. The number of rotatable bonds is 4. The molecule has 0 saturated carbocycles. The van der Waals surface area contributed by atoms with Crippen molar-refractivity contribution in [3.63, 3.8) is 0 Å². The molecule has 3 aromatic carbocycles. The third kappa shape index (κ3) is 8.85. The third-order valence-corrected chi connectivity index (χ3v) is 10.9. The Morgan fingerprint density at radius 1 is 0.625 bits per heavy atom. The molecular weight excluding hydrogens is 675 g/mol. The summed E-state index contributed by atoms with van der Waals surface area (Å²) in [6.45, 7) is 11.0. The van der Waals surface area contributed by atoms with Gasteiger partial charge in [0.15, 0.2) is 0 Å².